The molecule has 3 aromatic rings. The first kappa shape index (κ1) is 16.4. The van der Waals surface area contributed by atoms with Crippen LogP contribution in [0.3, 0.4) is 0 Å². The van der Waals surface area contributed by atoms with Gasteiger partial charge in [0.1, 0.15) is 5.76 Å². The molecule has 2 aliphatic rings. The molecule has 138 valence electrons. The van der Waals surface area contributed by atoms with Crippen LogP contribution in [0.2, 0.25) is 0 Å². The molecule has 27 heavy (non-hydrogen) atoms. The van der Waals surface area contributed by atoms with Gasteiger partial charge < -0.3 is 9.42 Å². The van der Waals surface area contributed by atoms with Crippen LogP contribution in [0, 0.1) is 18.8 Å². The van der Waals surface area contributed by atoms with E-state index < -0.39 is 0 Å². The normalized spacial score (nSPS) is 22.3. The number of nitrogens with zero attached hydrogens (tertiary/aromatic N) is 5. The topological polar surface area (TPSA) is 58.3 Å². The summed E-state index contributed by atoms with van der Waals surface area (Å²) in [5, 5.41) is 13.1. The van der Waals surface area contributed by atoms with Crippen LogP contribution in [0.15, 0.2) is 53.1 Å². The van der Waals surface area contributed by atoms with E-state index in [1.54, 1.807) is 0 Å². The summed E-state index contributed by atoms with van der Waals surface area (Å²) in [6.45, 7) is 7.16. The Morgan fingerprint density at radius 2 is 1.74 bits per heavy atom. The third-order valence-electron chi connectivity index (χ3n) is 5.67. The van der Waals surface area contributed by atoms with Gasteiger partial charge in [0.05, 0.1) is 11.4 Å². The first-order valence-electron chi connectivity index (χ1n) is 9.53. The highest BCUT2D eigenvalue weighted by Crippen LogP contribution is 2.34. The van der Waals surface area contributed by atoms with Gasteiger partial charge in [0.25, 0.3) is 0 Å². The van der Waals surface area contributed by atoms with Crippen molar-refractivity contribution in [1.29, 1.82) is 0 Å². The fraction of sp³-hybridized carbons (Fsp3) is 0.381. The van der Waals surface area contributed by atoms with E-state index in [0.717, 1.165) is 61.3 Å². The van der Waals surface area contributed by atoms with Crippen molar-refractivity contribution in [3.63, 3.8) is 0 Å². The molecule has 0 spiro atoms. The Bertz CT molecular complexity index is 894. The highest BCUT2D eigenvalue weighted by molar-refractivity contribution is 5.59. The number of hydrogen-bond donors (Lipinski definition) is 0. The van der Waals surface area contributed by atoms with Crippen LogP contribution in [-0.2, 0) is 6.54 Å². The summed E-state index contributed by atoms with van der Waals surface area (Å²) in [6, 6.07) is 16.4. The Kier molecular flexibility index (Phi) is 4.13. The van der Waals surface area contributed by atoms with Crippen molar-refractivity contribution in [2.45, 2.75) is 13.5 Å². The lowest BCUT2D eigenvalue weighted by molar-refractivity contribution is 0.294. The predicted molar refractivity (Wildman–Crippen MR) is 103 cm³/mol. The third kappa shape index (κ3) is 3.32. The van der Waals surface area contributed by atoms with E-state index in [4.69, 9.17) is 4.52 Å². The summed E-state index contributed by atoms with van der Waals surface area (Å²) in [5.41, 5.74) is 3.06. The molecule has 2 atom stereocenters. The van der Waals surface area contributed by atoms with Gasteiger partial charge in [-0.3, -0.25) is 4.90 Å². The van der Waals surface area contributed by atoms with Crippen LogP contribution in [0.4, 0.5) is 5.82 Å². The summed E-state index contributed by atoms with van der Waals surface area (Å²) in [7, 11) is 0. The molecule has 2 fully saturated rings. The molecule has 2 aromatic heterocycles. The zero-order valence-corrected chi connectivity index (χ0v) is 15.5. The van der Waals surface area contributed by atoms with Crippen molar-refractivity contribution in [1.82, 2.24) is 20.3 Å². The van der Waals surface area contributed by atoms with Crippen molar-refractivity contribution in [2.24, 2.45) is 11.8 Å². The summed E-state index contributed by atoms with van der Waals surface area (Å²) in [6.07, 6.45) is 0. The molecule has 2 saturated heterocycles. The number of likely N-dealkylation sites (tertiary alicyclic amines) is 1. The van der Waals surface area contributed by atoms with E-state index in [0.29, 0.717) is 11.8 Å². The monoisotopic (exact) mass is 361 g/mol. The number of hydrogen-bond acceptors (Lipinski definition) is 6. The van der Waals surface area contributed by atoms with E-state index in [-0.39, 0.29) is 0 Å². The van der Waals surface area contributed by atoms with Crippen LogP contribution >= 0.6 is 0 Å². The number of anilines is 1. The second-order valence-corrected chi connectivity index (χ2v) is 7.69. The number of aryl methyl sites for hydroxylation is 1. The Balaban J connectivity index is 1.21. The number of rotatable bonds is 4. The molecule has 6 nitrogen and oxygen atoms in total. The van der Waals surface area contributed by atoms with Crippen molar-refractivity contribution in [3.05, 3.63) is 60.0 Å². The van der Waals surface area contributed by atoms with E-state index in [1.165, 1.54) is 0 Å². The molecule has 0 aliphatic carbocycles. The average molecular weight is 361 g/mol. The average Bonchev–Trinajstić information content (AvgIpc) is 3.38. The molecule has 0 N–H and O–H groups in total. The van der Waals surface area contributed by atoms with Gasteiger partial charge in [-0.15, -0.1) is 10.2 Å². The van der Waals surface area contributed by atoms with Crippen LogP contribution < -0.4 is 4.90 Å². The minimum atomic E-state index is 0.689. The molecule has 4 heterocycles. The van der Waals surface area contributed by atoms with Gasteiger partial charge in [-0.25, -0.2) is 0 Å². The van der Waals surface area contributed by atoms with Crippen molar-refractivity contribution in [3.8, 4) is 11.3 Å². The number of aromatic nitrogens is 3. The SMILES string of the molecule is Cc1cc(CN2CC3CN(c4ccc(-c5ccccc5)nn4)CC3C2)no1. The minimum Gasteiger partial charge on any atom is -0.361 e. The zero-order valence-electron chi connectivity index (χ0n) is 15.5. The first-order chi connectivity index (χ1) is 13.2. The van der Waals surface area contributed by atoms with Gasteiger partial charge in [-0.2, -0.15) is 0 Å². The van der Waals surface area contributed by atoms with Gasteiger partial charge in [0, 0.05) is 44.4 Å². The maximum atomic E-state index is 5.19. The summed E-state index contributed by atoms with van der Waals surface area (Å²) >= 11 is 0. The smallest absolute Gasteiger partial charge is 0.151 e. The Labute approximate surface area is 158 Å². The molecular formula is C21H23N5O. The van der Waals surface area contributed by atoms with Crippen molar-refractivity contribution in [2.75, 3.05) is 31.1 Å². The van der Waals surface area contributed by atoms with Crippen LogP contribution in [0.5, 0.6) is 0 Å². The zero-order chi connectivity index (χ0) is 18.2. The molecule has 0 radical (unpaired) electrons. The minimum absolute atomic E-state index is 0.689. The Hall–Kier alpha value is -2.73. The summed E-state index contributed by atoms with van der Waals surface area (Å²) < 4.78 is 5.19. The molecule has 1 aromatic carbocycles. The molecule has 0 amide bonds. The van der Waals surface area contributed by atoms with E-state index in [1.807, 2.05) is 31.2 Å². The Morgan fingerprint density at radius 3 is 2.37 bits per heavy atom. The van der Waals surface area contributed by atoms with Crippen LogP contribution in [0.25, 0.3) is 11.3 Å². The molecule has 5 rings (SSSR count). The highest BCUT2D eigenvalue weighted by Gasteiger charge is 2.40. The molecular weight excluding hydrogens is 338 g/mol. The Morgan fingerprint density at radius 1 is 0.963 bits per heavy atom. The maximum Gasteiger partial charge on any atom is 0.151 e. The second-order valence-electron chi connectivity index (χ2n) is 7.69. The quantitative estimate of drug-likeness (QED) is 0.712. The largest absolute Gasteiger partial charge is 0.361 e. The maximum absolute atomic E-state index is 5.19. The molecule has 0 bridgehead atoms. The standard InChI is InChI=1S/C21H23N5O/c1-15-9-19(24-27-15)14-25-10-17-12-26(13-18(17)11-25)21-8-7-20(22-23-21)16-5-3-2-4-6-16/h2-9,17-18H,10-14H2,1H3. The highest BCUT2D eigenvalue weighted by atomic mass is 16.5. The van der Waals surface area contributed by atoms with Gasteiger partial charge in [-0.1, -0.05) is 35.5 Å². The van der Waals surface area contributed by atoms with Crippen molar-refractivity contribution >= 4 is 5.82 Å². The third-order valence-corrected chi connectivity index (χ3v) is 5.67. The number of benzene rings is 1. The number of fused-ring (bicyclic) bond motifs is 1. The van der Waals surface area contributed by atoms with E-state index in [2.05, 4.69) is 49.4 Å². The van der Waals surface area contributed by atoms with Crippen LogP contribution in [0.1, 0.15) is 11.5 Å². The predicted octanol–water partition coefficient (Wildman–Crippen LogP) is 3.01. The van der Waals surface area contributed by atoms with Crippen molar-refractivity contribution < 1.29 is 4.52 Å². The lowest BCUT2D eigenvalue weighted by Crippen LogP contribution is -2.29. The van der Waals surface area contributed by atoms with E-state index in [9.17, 15) is 0 Å². The van der Waals surface area contributed by atoms with Gasteiger partial charge in [-0.05, 0) is 30.9 Å². The second kappa shape index (κ2) is 6.78. The fourth-order valence-electron chi connectivity index (χ4n) is 4.38. The fourth-order valence-corrected chi connectivity index (χ4v) is 4.38. The van der Waals surface area contributed by atoms with Gasteiger partial charge in [0.15, 0.2) is 5.82 Å². The molecule has 2 aliphatic heterocycles. The summed E-state index contributed by atoms with van der Waals surface area (Å²) in [5.74, 6) is 3.25. The molecule has 0 saturated carbocycles. The summed E-state index contributed by atoms with van der Waals surface area (Å²) in [4.78, 5) is 4.88. The van der Waals surface area contributed by atoms with E-state index >= 15 is 0 Å². The molecule has 2 unspecified atom stereocenters. The van der Waals surface area contributed by atoms with Gasteiger partial charge in [0.2, 0.25) is 0 Å². The van der Waals surface area contributed by atoms with Crippen LogP contribution in [-0.4, -0.2) is 46.4 Å². The first-order valence-corrected chi connectivity index (χ1v) is 9.53. The lowest BCUT2D eigenvalue weighted by Gasteiger charge is -2.21. The van der Waals surface area contributed by atoms with Gasteiger partial charge >= 0.3 is 0 Å². The molecule has 6 heteroatoms. The lowest BCUT2D eigenvalue weighted by atomic mass is 10.0.